The van der Waals surface area contributed by atoms with Crippen LogP contribution in [0.3, 0.4) is 0 Å². The summed E-state index contributed by atoms with van der Waals surface area (Å²) in [5.74, 6) is 0.0416. The summed E-state index contributed by atoms with van der Waals surface area (Å²) in [5, 5.41) is 0.668. The molecule has 0 aliphatic carbocycles. The number of fused-ring (bicyclic) bond motifs is 1. The molecular weight excluding hydrogens is 302 g/mol. The van der Waals surface area contributed by atoms with Crippen LogP contribution in [0.15, 0.2) is 22.5 Å². The number of carbonyl (C=O) groups is 1. The molecule has 102 valence electrons. The van der Waals surface area contributed by atoms with E-state index in [1.54, 1.807) is 11.3 Å². The molecule has 1 aromatic heterocycles. The van der Waals surface area contributed by atoms with Gasteiger partial charge in [-0.3, -0.25) is 4.79 Å². The smallest absolute Gasteiger partial charge is 0.316 e. The summed E-state index contributed by atoms with van der Waals surface area (Å²) in [6.45, 7) is 5.57. The molecule has 0 amide bonds. The molecule has 1 heterocycles. The largest absolute Gasteiger partial charge is 0.459 e. The van der Waals surface area contributed by atoms with Crippen molar-refractivity contribution in [1.29, 1.82) is 0 Å². The minimum atomic E-state index is -0.446. The van der Waals surface area contributed by atoms with Crippen molar-refractivity contribution in [3.63, 3.8) is 0 Å². The minimum Gasteiger partial charge on any atom is -0.459 e. The second-order valence-corrected chi connectivity index (χ2v) is 7.66. The standard InChI is InChI=1S/C13H14ClNO2S2/c1-13(2,3)17-11(16)7-18-12-15-9-6-8(14)4-5-10(9)19-12/h4-6H,7H2,1-3H3. The number of esters is 1. The molecule has 1 aromatic carbocycles. The molecule has 0 fully saturated rings. The lowest BCUT2D eigenvalue weighted by molar-refractivity contribution is -0.151. The summed E-state index contributed by atoms with van der Waals surface area (Å²) in [6.07, 6.45) is 0. The second kappa shape index (κ2) is 5.69. The zero-order valence-electron chi connectivity index (χ0n) is 10.9. The van der Waals surface area contributed by atoms with Crippen LogP contribution in [0.25, 0.3) is 10.2 Å². The van der Waals surface area contributed by atoms with Gasteiger partial charge in [0, 0.05) is 5.02 Å². The minimum absolute atomic E-state index is 0.227. The fourth-order valence-corrected chi connectivity index (χ4v) is 3.42. The van der Waals surface area contributed by atoms with Gasteiger partial charge in [0.15, 0.2) is 4.34 Å². The molecule has 0 aliphatic rings. The molecule has 0 bridgehead atoms. The van der Waals surface area contributed by atoms with Gasteiger partial charge in [0.05, 0.1) is 16.0 Å². The first-order valence-electron chi connectivity index (χ1n) is 5.74. The highest BCUT2D eigenvalue weighted by Gasteiger charge is 2.17. The van der Waals surface area contributed by atoms with Crippen LogP contribution >= 0.6 is 34.7 Å². The summed E-state index contributed by atoms with van der Waals surface area (Å²) in [5.41, 5.74) is 0.419. The lowest BCUT2D eigenvalue weighted by Crippen LogP contribution is -2.24. The highest BCUT2D eigenvalue weighted by Crippen LogP contribution is 2.31. The molecule has 0 spiro atoms. The van der Waals surface area contributed by atoms with Crippen molar-refractivity contribution in [2.45, 2.75) is 30.7 Å². The molecule has 0 radical (unpaired) electrons. The van der Waals surface area contributed by atoms with Crippen LogP contribution in [0.5, 0.6) is 0 Å². The molecule has 0 atom stereocenters. The fourth-order valence-electron chi connectivity index (χ4n) is 1.43. The van der Waals surface area contributed by atoms with Gasteiger partial charge in [-0.25, -0.2) is 4.98 Å². The third-order valence-electron chi connectivity index (χ3n) is 2.06. The molecule has 2 aromatic rings. The van der Waals surface area contributed by atoms with E-state index in [9.17, 15) is 4.79 Å². The molecule has 0 unspecified atom stereocenters. The Balaban J connectivity index is 2.00. The monoisotopic (exact) mass is 315 g/mol. The zero-order chi connectivity index (χ0) is 14.0. The van der Waals surface area contributed by atoms with Gasteiger partial charge in [-0.05, 0) is 39.0 Å². The van der Waals surface area contributed by atoms with Gasteiger partial charge in [0.1, 0.15) is 5.60 Å². The number of aromatic nitrogens is 1. The summed E-state index contributed by atoms with van der Waals surface area (Å²) in [4.78, 5) is 16.0. The highest BCUT2D eigenvalue weighted by atomic mass is 35.5. The average molecular weight is 316 g/mol. The van der Waals surface area contributed by atoms with Crippen LogP contribution in [-0.4, -0.2) is 22.3 Å². The maximum Gasteiger partial charge on any atom is 0.316 e. The van der Waals surface area contributed by atoms with E-state index in [-0.39, 0.29) is 11.7 Å². The summed E-state index contributed by atoms with van der Waals surface area (Å²) in [6, 6.07) is 5.60. The van der Waals surface area contributed by atoms with Crippen molar-refractivity contribution in [1.82, 2.24) is 4.98 Å². The molecule has 19 heavy (non-hydrogen) atoms. The Morgan fingerprint density at radius 1 is 1.47 bits per heavy atom. The van der Waals surface area contributed by atoms with Crippen LogP contribution in [0.1, 0.15) is 20.8 Å². The van der Waals surface area contributed by atoms with E-state index in [2.05, 4.69) is 4.98 Å². The van der Waals surface area contributed by atoms with Gasteiger partial charge in [-0.1, -0.05) is 23.4 Å². The van der Waals surface area contributed by atoms with E-state index in [1.807, 2.05) is 39.0 Å². The van der Waals surface area contributed by atoms with Crippen molar-refractivity contribution >= 4 is 50.9 Å². The van der Waals surface area contributed by atoms with Crippen LogP contribution in [0, 0.1) is 0 Å². The van der Waals surface area contributed by atoms with E-state index in [4.69, 9.17) is 16.3 Å². The quantitative estimate of drug-likeness (QED) is 0.622. The normalized spacial score (nSPS) is 11.8. The Labute approximate surface area is 125 Å². The molecular formula is C13H14ClNO2S2. The van der Waals surface area contributed by atoms with Crippen molar-refractivity contribution < 1.29 is 9.53 Å². The maximum absolute atomic E-state index is 11.6. The lowest BCUT2D eigenvalue weighted by Gasteiger charge is -2.18. The van der Waals surface area contributed by atoms with E-state index in [1.165, 1.54) is 11.8 Å². The number of nitrogens with zero attached hydrogens (tertiary/aromatic N) is 1. The van der Waals surface area contributed by atoms with Gasteiger partial charge < -0.3 is 4.74 Å². The Hall–Kier alpha value is -0.780. The first-order valence-corrected chi connectivity index (χ1v) is 7.92. The van der Waals surface area contributed by atoms with Crippen molar-refractivity contribution in [2.75, 3.05) is 5.75 Å². The number of rotatable bonds is 3. The number of hydrogen-bond donors (Lipinski definition) is 0. The number of thioether (sulfide) groups is 1. The fraction of sp³-hybridized carbons (Fsp3) is 0.385. The molecule has 6 heteroatoms. The number of thiazole rings is 1. The predicted octanol–water partition coefficient (Wildman–Crippen LogP) is 4.38. The molecule has 2 rings (SSSR count). The van der Waals surface area contributed by atoms with Gasteiger partial charge in [0.2, 0.25) is 0 Å². The lowest BCUT2D eigenvalue weighted by atomic mass is 10.2. The first-order chi connectivity index (χ1) is 8.83. The average Bonchev–Trinajstić information content (AvgIpc) is 2.66. The summed E-state index contributed by atoms with van der Waals surface area (Å²) < 4.78 is 7.16. The topological polar surface area (TPSA) is 39.2 Å². The Bertz CT molecular complexity index is 604. The number of carbonyl (C=O) groups excluding carboxylic acids is 1. The van der Waals surface area contributed by atoms with Crippen molar-refractivity contribution in [3.8, 4) is 0 Å². The first kappa shape index (κ1) is 14.6. The van der Waals surface area contributed by atoms with Crippen molar-refractivity contribution in [3.05, 3.63) is 23.2 Å². The summed E-state index contributed by atoms with van der Waals surface area (Å²) >= 11 is 8.85. The predicted molar refractivity (Wildman–Crippen MR) is 81.2 cm³/mol. The van der Waals surface area contributed by atoms with E-state index >= 15 is 0 Å². The summed E-state index contributed by atoms with van der Waals surface area (Å²) in [7, 11) is 0. The third-order valence-corrected chi connectivity index (χ3v) is 4.45. The van der Waals surface area contributed by atoms with Crippen molar-refractivity contribution in [2.24, 2.45) is 0 Å². The van der Waals surface area contributed by atoms with Gasteiger partial charge in [-0.2, -0.15) is 0 Å². The zero-order valence-corrected chi connectivity index (χ0v) is 13.3. The van der Waals surface area contributed by atoms with E-state index in [0.29, 0.717) is 5.02 Å². The van der Waals surface area contributed by atoms with E-state index < -0.39 is 5.60 Å². The third kappa shape index (κ3) is 4.37. The van der Waals surface area contributed by atoms with Crippen LogP contribution in [-0.2, 0) is 9.53 Å². The maximum atomic E-state index is 11.6. The number of halogens is 1. The molecule has 0 N–H and O–H groups in total. The molecule has 0 aliphatic heterocycles. The number of benzene rings is 1. The number of hydrogen-bond acceptors (Lipinski definition) is 5. The Morgan fingerprint density at radius 2 is 2.21 bits per heavy atom. The highest BCUT2D eigenvalue weighted by molar-refractivity contribution is 8.01. The van der Waals surface area contributed by atoms with Gasteiger partial charge >= 0.3 is 5.97 Å². The SMILES string of the molecule is CC(C)(C)OC(=O)CSc1nc2cc(Cl)ccc2s1. The van der Waals surface area contributed by atoms with Gasteiger partial charge in [-0.15, -0.1) is 11.3 Å². The second-order valence-electron chi connectivity index (χ2n) is 4.97. The Morgan fingerprint density at radius 3 is 2.89 bits per heavy atom. The van der Waals surface area contributed by atoms with E-state index in [0.717, 1.165) is 14.6 Å². The van der Waals surface area contributed by atoms with Crippen LogP contribution < -0.4 is 0 Å². The van der Waals surface area contributed by atoms with Gasteiger partial charge in [0.25, 0.3) is 0 Å². The van der Waals surface area contributed by atoms with Crippen LogP contribution in [0.2, 0.25) is 5.02 Å². The molecule has 0 saturated heterocycles. The molecule has 0 saturated carbocycles. The Kier molecular flexibility index (Phi) is 4.38. The molecule has 3 nitrogen and oxygen atoms in total. The van der Waals surface area contributed by atoms with Crippen LogP contribution in [0.4, 0.5) is 0 Å². The number of ether oxygens (including phenoxy) is 1.